The Bertz CT molecular complexity index is 1070. The largest absolute Gasteiger partial charge is 0.463 e. The lowest BCUT2D eigenvalue weighted by atomic mass is 9.69. The molecule has 4 nitrogen and oxygen atoms in total. The van der Waals surface area contributed by atoms with Crippen molar-refractivity contribution in [1.29, 1.82) is 0 Å². The van der Waals surface area contributed by atoms with E-state index in [0.717, 1.165) is 35.1 Å². The number of carbonyl (C=O) groups is 2. The van der Waals surface area contributed by atoms with Gasteiger partial charge in [-0.15, -0.1) is 0 Å². The number of benzene rings is 2. The van der Waals surface area contributed by atoms with Crippen LogP contribution in [-0.2, 0) is 19.7 Å². The Balaban J connectivity index is 2.47. The molecule has 0 aliphatic rings. The maximum Gasteiger partial charge on any atom is 0.331 e. The summed E-state index contributed by atoms with van der Waals surface area (Å²) < 4.78 is 10.7. The smallest absolute Gasteiger partial charge is 0.331 e. The minimum absolute atomic E-state index is 0.167. The lowest BCUT2D eigenvalue weighted by Gasteiger charge is -2.34. The molecule has 2 aromatic carbocycles. The van der Waals surface area contributed by atoms with Crippen LogP contribution in [0.5, 0.6) is 5.75 Å². The summed E-state index contributed by atoms with van der Waals surface area (Å²) in [4.78, 5) is 24.3. The fourth-order valence-corrected chi connectivity index (χ4v) is 4.39. The van der Waals surface area contributed by atoms with Crippen molar-refractivity contribution in [3.05, 3.63) is 70.3 Å². The average Bonchev–Trinajstić information content (AvgIpc) is 2.76. The van der Waals surface area contributed by atoms with Crippen LogP contribution in [0.2, 0.25) is 0 Å². The summed E-state index contributed by atoms with van der Waals surface area (Å²) in [5, 5.41) is 0. The van der Waals surface area contributed by atoms with Crippen molar-refractivity contribution in [3.63, 3.8) is 0 Å². The van der Waals surface area contributed by atoms with Gasteiger partial charge in [0, 0.05) is 11.5 Å². The van der Waals surface area contributed by atoms with Crippen LogP contribution in [0.4, 0.5) is 0 Å². The van der Waals surface area contributed by atoms with E-state index in [-0.39, 0.29) is 17.4 Å². The number of ether oxygens (including phenoxy) is 2. The Labute approximate surface area is 205 Å². The molecule has 0 amide bonds. The topological polar surface area (TPSA) is 52.6 Å². The Morgan fingerprint density at radius 2 is 1.44 bits per heavy atom. The number of aryl methyl sites for hydroxylation is 2. The molecule has 0 N–H and O–H groups in total. The highest BCUT2D eigenvalue weighted by Gasteiger charge is 2.32. The highest BCUT2D eigenvalue weighted by Crippen LogP contribution is 2.41. The van der Waals surface area contributed by atoms with Crippen molar-refractivity contribution in [3.8, 4) is 5.75 Å². The van der Waals surface area contributed by atoms with Crippen molar-refractivity contribution in [2.75, 3.05) is 6.61 Å². The highest BCUT2D eigenvalue weighted by molar-refractivity contribution is 5.91. The predicted molar refractivity (Wildman–Crippen MR) is 139 cm³/mol. The van der Waals surface area contributed by atoms with E-state index in [2.05, 4.69) is 51.1 Å². The number of allylic oxidation sites excluding steroid dienone is 1. The molecule has 184 valence electrons. The van der Waals surface area contributed by atoms with E-state index in [9.17, 15) is 9.59 Å². The lowest BCUT2D eigenvalue weighted by molar-refractivity contribution is -0.143. The van der Waals surface area contributed by atoms with Gasteiger partial charge in [-0.05, 0) is 101 Å². The van der Waals surface area contributed by atoms with Gasteiger partial charge in [-0.1, -0.05) is 44.2 Å². The Kier molecular flexibility index (Phi) is 8.88. The van der Waals surface area contributed by atoms with Gasteiger partial charge < -0.3 is 9.47 Å². The summed E-state index contributed by atoms with van der Waals surface area (Å²) in [6, 6.07) is 12.6. The van der Waals surface area contributed by atoms with E-state index < -0.39 is 5.41 Å². The number of carbonyl (C=O) groups excluding carboxylic acids is 2. The van der Waals surface area contributed by atoms with Crippen LogP contribution >= 0.6 is 0 Å². The summed E-state index contributed by atoms with van der Waals surface area (Å²) >= 11 is 0. The molecule has 0 fully saturated rings. The van der Waals surface area contributed by atoms with Crippen molar-refractivity contribution in [1.82, 2.24) is 0 Å². The van der Waals surface area contributed by atoms with Gasteiger partial charge in [-0.3, -0.25) is 4.79 Å². The molecule has 0 aliphatic carbocycles. The molecule has 2 rings (SSSR count). The highest BCUT2D eigenvalue weighted by atomic mass is 16.5. The van der Waals surface area contributed by atoms with Crippen molar-refractivity contribution < 1.29 is 19.1 Å². The number of hydrogen-bond donors (Lipinski definition) is 0. The number of hydrogen-bond acceptors (Lipinski definition) is 4. The minimum Gasteiger partial charge on any atom is -0.463 e. The van der Waals surface area contributed by atoms with Crippen LogP contribution in [0.15, 0.2) is 42.5 Å². The van der Waals surface area contributed by atoms with E-state index in [1.54, 1.807) is 13.0 Å². The predicted octanol–water partition coefficient (Wildman–Crippen LogP) is 7.33. The van der Waals surface area contributed by atoms with E-state index in [1.165, 1.54) is 11.1 Å². The molecule has 0 aliphatic heterocycles. The quantitative estimate of drug-likeness (QED) is 0.233. The second kappa shape index (κ2) is 11.0. The first-order chi connectivity index (χ1) is 15.9. The van der Waals surface area contributed by atoms with Crippen LogP contribution in [0.25, 0.3) is 5.57 Å². The summed E-state index contributed by atoms with van der Waals surface area (Å²) in [5.74, 6) is 0.0526. The third-order valence-corrected chi connectivity index (χ3v) is 6.57. The molecule has 34 heavy (non-hydrogen) atoms. The summed E-state index contributed by atoms with van der Waals surface area (Å²) in [6.45, 7) is 18.2. The van der Waals surface area contributed by atoms with Gasteiger partial charge in [0.2, 0.25) is 0 Å². The molecule has 0 spiro atoms. The van der Waals surface area contributed by atoms with Gasteiger partial charge in [-0.2, -0.15) is 0 Å². The molecular formula is C30H40O4. The van der Waals surface area contributed by atoms with Crippen LogP contribution in [0.1, 0.15) is 89.1 Å². The monoisotopic (exact) mass is 464 g/mol. The molecule has 2 aromatic rings. The van der Waals surface area contributed by atoms with Crippen LogP contribution in [-0.4, -0.2) is 18.5 Å². The zero-order valence-corrected chi connectivity index (χ0v) is 22.3. The van der Waals surface area contributed by atoms with Gasteiger partial charge >= 0.3 is 11.9 Å². The summed E-state index contributed by atoms with van der Waals surface area (Å²) in [5.41, 5.74) is 5.72. The van der Waals surface area contributed by atoms with Gasteiger partial charge in [0.15, 0.2) is 0 Å². The minimum atomic E-state index is -0.555. The molecule has 4 heteroatoms. The molecule has 0 atom stereocenters. The van der Waals surface area contributed by atoms with Crippen molar-refractivity contribution in [2.45, 2.75) is 80.6 Å². The summed E-state index contributed by atoms with van der Waals surface area (Å²) in [7, 11) is 0. The van der Waals surface area contributed by atoms with Crippen LogP contribution in [0.3, 0.4) is 0 Å². The molecule has 0 saturated carbocycles. The third-order valence-electron chi connectivity index (χ3n) is 6.57. The van der Waals surface area contributed by atoms with Gasteiger partial charge in [0.05, 0.1) is 12.0 Å². The average molecular weight is 465 g/mol. The first-order valence-corrected chi connectivity index (χ1v) is 12.2. The zero-order chi connectivity index (χ0) is 25.7. The molecular weight excluding hydrogens is 424 g/mol. The number of esters is 2. The fraction of sp³-hybridized carbons (Fsp3) is 0.467. The second-order valence-electron chi connectivity index (χ2n) is 10.0. The third kappa shape index (κ3) is 5.97. The van der Waals surface area contributed by atoms with E-state index in [0.29, 0.717) is 12.4 Å². The molecule has 0 bridgehead atoms. The van der Waals surface area contributed by atoms with E-state index in [4.69, 9.17) is 9.47 Å². The molecule has 0 saturated heterocycles. The molecule has 0 aromatic heterocycles. The standard InChI is InChI=1S/C30H40O4/c1-10-30(11-2,24-14-16-26(22(6)18-24)34-28(32)29(7,8)9)23-13-15-25(20(4)17-23)21(5)19-27(31)33-12-3/h13-19H,10-12H2,1-9H3. The molecule has 0 heterocycles. The van der Waals surface area contributed by atoms with Crippen LogP contribution < -0.4 is 4.74 Å². The Morgan fingerprint density at radius 3 is 1.91 bits per heavy atom. The van der Waals surface area contributed by atoms with Crippen molar-refractivity contribution >= 4 is 17.5 Å². The van der Waals surface area contributed by atoms with Gasteiger partial charge in [-0.25, -0.2) is 4.79 Å². The maximum absolute atomic E-state index is 12.4. The Morgan fingerprint density at radius 1 is 0.882 bits per heavy atom. The SMILES string of the molecule is CCOC(=O)C=C(C)c1ccc(C(CC)(CC)c2ccc(OC(=O)C(C)(C)C)c(C)c2)cc1C. The van der Waals surface area contributed by atoms with Gasteiger partial charge in [0.25, 0.3) is 0 Å². The lowest BCUT2D eigenvalue weighted by Crippen LogP contribution is -2.27. The number of rotatable bonds is 8. The fourth-order valence-electron chi connectivity index (χ4n) is 4.39. The molecule has 0 radical (unpaired) electrons. The molecule has 0 unspecified atom stereocenters. The summed E-state index contributed by atoms with van der Waals surface area (Å²) in [6.07, 6.45) is 3.42. The second-order valence-corrected chi connectivity index (χ2v) is 10.0. The van der Waals surface area contributed by atoms with Crippen LogP contribution in [0, 0.1) is 19.3 Å². The maximum atomic E-state index is 12.4. The first kappa shape index (κ1) is 27.4. The van der Waals surface area contributed by atoms with Gasteiger partial charge in [0.1, 0.15) is 5.75 Å². The van der Waals surface area contributed by atoms with E-state index >= 15 is 0 Å². The Hall–Kier alpha value is -2.88. The normalized spacial score (nSPS) is 12.4. The zero-order valence-electron chi connectivity index (χ0n) is 22.3. The van der Waals surface area contributed by atoms with Crippen molar-refractivity contribution in [2.24, 2.45) is 5.41 Å². The first-order valence-electron chi connectivity index (χ1n) is 12.2. The van der Waals surface area contributed by atoms with E-state index in [1.807, 2.05) is 40.7 Å².